The highest BCUT2D eigenvalue weighted by Crippen LogP contribution is 2.34. The summed E-state index contributed by atoms with van der Waals surface area (Å²) in [6.45, 7) is 2.37. The van der Waals surface area contributed by atoms with E-state index in [1.54, 1.807) is 19.2 Å². The molecule has 1 aliphatic rings. The van der Waals surface area contributed by atoms with Crippen molar-refractivity contribution >= 4 is 17.3 Å². The van der Waals surface area contributed by atoms with Crippen molar-refractivity contribution in [3.63, 3.8) is 0 Å². The molecule has 1 saturated heterocycles. The zero-order valence-electron chi connectivity index (χ0n) is 11.7. The Morgan fingerprint density at radius 3 is 3.10 bits per heavy atom. The number of nitrogens with one attached hydrogen (secondary N) is 2. The van der Waals surface area contributed by atoms with Crippen LogP contribution in [0.4, 0.5) is 4.39 Å². The summed E-state index contributed by atoms with van der Waals surface area (Å²) in [5, 5.41) is 14.2. The molecule has 3 rings (SSSR count). The molecule has 2 N–H and O–H groups in total. The molecular formula is C14H15FN4OS. The molecule has 7 heteroatoms. The summed E-state index contributed by atoms with van der Waals surface area (Å²) in [4.78, 5) is 10.1. The van der Waals surface area contributed by atoms with E-state index in [4.69, 9.17) is 10.2 Å². The standard InChI is InChI=1S/C14H15FN4OS/c1-14(8-20-19(2)13(16)18-14)11-6-9(7-21-11)10-4-3-5-17-12(10)15/h3-7H,8H2,1-2H3,(H2,16,18). The first-order valence-corrected chi connectivity index (χ1v) is 7.31. The Morgan fingerprint density at radius 2 is 2.38 bits per heavy atom. The zero-order chi connectivity index (χ0) is 15.0. The van der Waals surface area contributed by atoms with Crippen LogP contribution < -0.4 is 5.32 Å². The summed E-state index contributed by atoms with van der Waals surface area (Å²) in [6, 6.07) is 5.33. The number of guanidine groups is 1. The van der Waals surface area contributed by atoms with E-state index in [1.165, 1.54) is 22.6 Å². The molecule has 2 aromatic rings. The Bertz CT molecular complexity index is 689. The Labute approximate surface area is 125 Å². The summed E-state index contributed by atoms with van der Waals surface area (Å²) < 4.78 is 13.7. The van der Waals surface area contributed by atoms with Crippen molar-refractivity contribution < 1.29 is 9.23 Å². The highest BCUT2D eigenvalue weighted by molar-refractivity contribution is 7.10. The average molecular weight is 306 g/mol. The fraction of sp³-hybridized carbons (Fsp3) is 0.286. The van der Waals surface area contributed by atoms with Gasteiger partial charge in [-0.2, -0.15) is 4.39 Å². The zero-order valence-corrected chi connectivity index (χ0v) is 12.5. The normalized spacial score (nSPS) is 22.2. The lowest BCUT2D eigenvalue weighted by Gasteiger charge is -2.39. The SMILES string of the molecule is CN1OCC(C)(c2cc(-c3cccnc3F)cs2)NC1=N. The van der Waals surface area contributed by atoms with Crippen molar-refractivity contribution in [2.24, 2.45) is 0 Å². The predicted octanol–water partition coefficient (Wildman–Crippen LogP) is 2.57. The molecule has 3 heterocycles. The minimum absolute atomic E-state index is 0.200. The van der Waals surface area contributed by atoms with E-state index in [2.05, 4.69) is 10.3 Å². The fourth-order valence-corrected chi connectivity index (χ4v) is 3.18. The maximum absolute atomic E-state index is 13.7. The van der Waals surface area contributed by atoms with Crippen LogP contribution in [-0.4, -0.2) is 29.7 Å². The number of thiophene rings is 1. The van der Waals surface area contributed by atoms with Crippen LogP contribution in [0.2, 0.25) is 0 Å². The van der Waals surface area contributed by atoms with Gasteiger partial charge in [0.1, 0.15) is 6.61 Å². The Hall–Kier alpha value is -1.99. The minimum Gasteiger partial charge on any atom is -0.342 e. The van der Waals surface area contributed by atoms with Crippen LogP contribution in [0.1, 0.15) is 11.8 Å². The molecule has 1 aliphatic heterocycles. The second-order valence-corrected chi connectivity index (χ2v) is 6.03. The molecule has 1 atom stereocenters. The molecule has 1 unspecified atom stereocenters. The highest BCUT2D eigenvalue weighted by atomic mass is 32.1. The van der Waals surface area contributed by atoms with Gasteiger partial charge in [-0.25, -0.2) is 10.0 Å². The van der Waals surface area contributed by atoms with Crippen molar-refractivity contribution in [2.45, 2.75) is 12.5 Å². The van der Waals surface area contributed by atoms with Crippen molar-refractivity contribution in [1.82, 2.24) is 15.4 Å². The maximum atomic E-state index is 13.7. The van der Waals surface area contributed by atoms with E-state index >= 15 is 0 Å². The monoisotopic (exact) mass is 306 g/mol. The summed E-state index contributed by atoms with van der Waals surface area (Å²) in [5.74, 6) is -0.279. The molecule has 0 bridgehead atoms. The summed E-state index contributed by atoms with van der Waals surface area (Å²) in [5.41, 5.74) is 0.771. The molecule has 0 radical (unpaired) electrons. The predicted molar refractivity (Wildman–Crippen MR) is 79.4 cm³/mol. The van der Waals surface area contributed by atoms with Crippen LogP contribution in [0.3, 0.4) is 0 Å². The molecule has 1 fully saturated rings. The second-order valence-electron chi connectivity index (χ2n) is 5.12. The first-order chi connectivity index (χ1) is 9.99. The summed E-state index contributed by atoms with van der Waals surface area (Å²) in [7, 11) is 1.68. The fourth-order valence-electron chi connectivity index (χ4n) is 2.17. The van der Waals surface area contributed by atoms with Crippen LogP contribution in [0.15, 0.2) is 29.8 Å². The van der Waals surface area contributed by atoms with Gasteiger partial charge in [0, 0.05) is 23.7 Å². The van der Waals surface area contributed by atoms with Crippen LogP contribution in [0.25, 0.3) is 11.1 Å². The number of halogens is 1. The lowest BCUT2D eigenvalue weighted by Crippen LogP contribution is -2.57. The molecule has 0 saturated carbocycles. The van der Waals surface area contributed by atoms with Crippen molar-refractivity contribution in [2.75, 3.05) is 13.7 Å². The molecular weight excluding hydrogens is 291 g/mol. The van der Waals surface area contributed by atoms with Crippen LogP contribution >= 0.6 is 11.3 Å². The third-order valence-electron chi connectivity index (χ3n) is 3.47. The van der Waals surface area contributed by atoms with Crippen LogP contribution in [-0.2, 0) is 10.4 Å². The van der Waals surface area contributed by atoms with Crippen molar-refractivity contribution in [3.05, 3.63) is 40.6 Å². The number of hydrogen-bond donors (Lipinski definition) is 2. The van der Waals surface area contributed by atoms with Gasteiger partial charge in [-0.15, -0.1) is 11.3 Å². The molecule has 5 nitrogen and oxygen atoms in total. The third-order valence-corrected chi connectivity index (χ3v) is 4.66. The summed E-state index contributed by atoms with van der Waals surface area (Å²) >= 11 is 1.51. The minimum atomic E-state index is -0.495. The van der Waals surface area contributed by atoms with Gasteiger partial charge in [0.05, 0.1) is 5.54 Å². The van der Waals surface area contributed by atoms with Gasteiger partial charge >= 0.3 is 0 Å². The number of hydroxylamine groups is 2. The van der Waals surface area contributed by atoms with Gasteiger partial charge in [0.25, 0.3) is 0 Å². The largest absolute Gasteiger partial charge is 0.342 e. The van der Waals surface area contributed by atoms with E-state index in [-0.39, 0.29) is 5.96 Å². The Morgan fingerprint density at radius 1 is 1.57 bits per heavy atom. The lowest BCUT2D eigenvalue weighted by molar-refractivity contribution is -0.126. The van der Waals surface area contributed by atoms with Crippen molar-refractivity contribution in [3.8, 4) is 11.1 Å². The van der Waals surface area contributed by atoms with E-state index in [0.717, 1.165) is 10.4 Å². The quantitative estimate of drug-likeness (QED) is 0.837. The topological polar surface area (TPSA) is 61.2 Å². The van der Waals surface area contributed by atoms with Gasteiger partial charge < -0.3 is 5.32 Å². The number of nitrogens with zero attached hydrogens (tertiary/aromatic N) is 2. The van der Waals surface area contributed by atoms with Gasteiger partial charge in [-0.1, -0.05) is 0 Å². The molecule has 21 heavy (non-hydrogen) atoms. The van der Waals surface area contributed by atoms with Crippen molar-refractivity contribution in [1.29, 1.82) is 5.41 Å². The van der Waals surface area contributed by atoms with Crippen LogP contribution in [0.5, 0.6) is 0 Å². The first kappa shape index (κ1) is 14.0. The smallest absolute Gasteiger partial charge is 0.220 e. The number of hydrogen-bond acceptors (Lipinski definition) is 4. The first-order valence-electron chi connectivity index (χ1n) is 6.43. The van der Waals surface area contributed by atoms with Gasteiger partial charge in [0.2, 0.25) is 11.9 Å². The molecule has 2 aromatic heterocycles. The molecule has 0 aliphatic carbocycles. The molecule has 0 aromatic carbocycles. The number of aromatic nitrogens is 1. The number of rotatable bonds is 2. The van der Waals surface area contributed by atoms with E-state index in [1.807, 2.05) is 18.4 Å². The number of pyridine rings is 1. The van der Waals surface area contributed by atoms with E-state index in [0.29, 0.717) is 12.2 Å². The molecule has 0 spiro atoms. The Balaban J connectivity index is 1.92. The summed E-state index contributed by atoms with van der Waals surface area (Å²) in [6.07, 6.45) is 1.43. The van der Waals surface area contributed by atoms with Gasteiger partial charge in [0.15, 0.2) is 0 Å². The second kappa shape index (κ2) is 5.09. The average Bonchev–Trinajstić information content (AvgIpc) is 2.94. The third kappa shape index (κ3) is 2.50. The molecule has 110 valence electrons. The molecule has 0 amide bonds. The van der Waals surface area contributed by atoms with Gasteiger partial charge in [-0.3, -0.25) is 10.2 Å². The lowest BCUT2D eigenvalue weighted by atomic mass is 9.99. The van der Waals surface area contributed by atoms with E-state index < -0.39 is 11.5 Å². The Kier molecular flexibility index (Phi) is 3.38. The van der Waals surface area contributed by atoms with Crippen LogP contribution in [0, 0.1) is 11.4 Å². The van der Waals surface area contributed by atoms with E-state index in [9.17, 15) is 4.39 Å². The van der Waals surface area contributed by atoms with Gasteiger partial charge in [-0.05, 0) is 36.1 Å². The highest BCUT2D eigenvalue weighted by Gasteiger charge is 2.35. The maximum Gasteiger partial charge on any atom is 0.220 e.